The van der Waals surface area contributed by atoms with Crippen molar-refractivity contribution in [1.29, 1.82) is 0 Å². The zero-order valence-corrected chi connectivity index (χ0v) is 15.1. The quantitative estimate of drug-likeness (QED) is 0.787. The number of anilines is 2. The molecule has 0 unspecified atom stereocenters. The van der Waals surface area contributed by atoms with Gasteiger partial charge in [-0.2, -0.15) is 0 Å². The lowest BCUT2D eigenvalue weighted by Crippen LogP contribution is -2.41. The van der Waals surface area contributed by atoms with Gasteiger partial charge in [0.15, 0.2) is 5.82 Å². The Morgan fingerprint density at radius 2 is 2.04 bits per heavy atom. The Morgan fingerprint density at radius 1 is 1.27 bits per heavy atom. The minimum absolute atomic E-state index is 0.153. The summed E-state index contributed by atoms with van der Waals surface area (Å²) in [4.78, 5) is 26.1. The molecular formula is C18H23FN4O3. The highest BCUT2D eigenvalue weighted by Gasteiger charge is 2.18. The standard InChI is InChI=1S/C18H23FN4O3/c1-12(2)7-8-23(11-17(24)21-16-9-13(3)26-22-16)18(25)20-15-6-4-5-14(19)10-15/h4-6,9-10,12H,7-8,11H2,1-3H3,(H,20,25)(H,21,22,24). The summed E-state index contributed by atoms with van der Waals surface area (Å²) in [5.41, 5.74) is 0.331. The van der Waals surface area contributed by atoms with Crippen molar-refractivity contribution in [3.8, 4) is 0 Å². The molecule has 2 aromatic rings. The SMILES string of the molecule is Cc1cc(NC(=O)CN(CCC(C)C)C(=O)Nc2cccc(F)c2)no1. The van der Waals surface area contributed by atoms with Crippen LogP contribution in [0.15, 0.2) is 34.9 Å². The molecule has 3 amide bonds. The van der Waals surface area contributed by atoms with Crippen LogP contribution in [0.4, 0.5) is 20.7 Å². The molecule has 0 aliphatic carbocycles. The number of hydrogen-bond acceptors (Lipinski definition) is 4. The predicted molar refractivity (Wildman–Crippen MR) is 96.3 cm³/mol. The van der Waals surface area contributed by atoms with E-state index in [1.165, 1.54) is 23.1 Å². The molecule has 2 rings (SSSR count). The van der Waals surface area contributed by atoms with Crippen LogP contribution < -0.4 is 10.6 Å². The zero-order chi connectivity index (χ0) is 19.1. The number of amides is 3. The summed E-state index contributed by atoms with van der Waals surface area (Å²) in [5, 5.41) is 8.89. The number of carbonyl (C=O) groups excluding carboxylic acids is 2. The fourth-order valence-corrected chi connectivity index (χ4v) is 2.22. The highest BCUT2D eigenvalue weighted by Crippen LogP contribution is 2.12. The summed E-state index contributed by atoms with van der Waals surface area (Å²) in [6.45, 7) is 6.01. The molecule has 0 saturated heterocycles. The van der Waals surface area contributed by atoms with Gasteiger partial charge in [-0.25, -0.2) is 9.18 Å². The lowest BCUT2D eigenvalue weighted by molar-refractivity contribution is -0.116. The number of benzene rings is 1. The highest BCUT2D eigenvalue weighted by atomic mass is 19.1. The number of rotatable bonds is 7. The third-order valence-corrected chi connectivity index (χ3v) is 3.57. The molecule has 2 N–H and O–H groups in total. The molecule has 0 fully saturated rings. The van der Waals surface area contributed by atoms with Crippen molar-refractivity contribution < 1.29 is 18.5 Å². The molecule has 0 radical (unpaired) electrons. The zero-order valence-electron chi connectivity index (χ0n) is 15.1. The Hall–Kier alpha value is -2.90. The van der Waals surface area contributed by atoms with E-state index < -0.39 is 17.8 Å². The molecule has 1 heterocycles. The minimum Gasteiger partial charge on any atom is -0.360 e. The van der Waals surface area contributed by atoms with Gasteiger partial charge in [-0.1, -0.05) is 25.1 Å². The van der Waals surface area contributed by atoms with Crippen LogP contribution in [0.1, 0.15) is 26.0 Å². The Bertz CT molecular complexity index is 760. The molecule has 7 nitrogen and oxygen atoms in total. The number of halogens is 1. The molecule has 0 bridgehead atoms. The van der Waals surface area contributed by atoms with Crippen LogP contribution in [0.25, 0.3) is 0 Å². The van der Waals surface area contributed by atoms with E-state index in [1.807, 2.05) is 13.8 Å². The van der Waals surface area contributed by atoms with Crippen molar-refractivity contribution in [2.75, 3.05) is 23.7 Å². The summed E-state index contributed by atoms with van der Waals surface area (Å²) < 4.78 is 18.2. The lowest BCUT2D eigenvalue weighted by Gasteiger charge is -2.23. The van der Waals surface area contributed by atoms with E-state index in [0.717, 1.165) is 6.42 Å². The van der Waals surface area contributed by atoms with Gasteiger partial charge in [0.2, 0.25) is 5.91 Å². The summed E-state index contributed by atoms with van der Waals surface area (Å²) in [6.07, 6.45) is 0.729. The van der Waals surface area contributed by atoms with Crippen LogP contribution in [0.5, 0.6) is 0 Å². The van der Waals surface area contributed by atoms with E-state index in [4.69, 9.17) is 4.52 Å². The number of aromatic nitrogens is 1. The van der Waals surface area contributed by atoms with Gasteiger partial charge in [-0.05, 0) is 37.5 Å². The van der Waals surface area contributed by atoms with Crippen LogP contribution in [0.2, 0.25) is 0 Å². The van der Waals surface area contributed by atoms with E-state index in [9.17, 15) is 14.0 Å². The van der Waals surface area contributed by atoms with Gasteiger partial charge in [0, 0.05) is 18.3 Å². The molecule has 0 saturated carbocycles. The molecule has 0 atom stereocenters. The molecule has 0 aliphatic rings. The maximum absolute atomic E-state index is 13.3. The number of nitrogens with zero attached hydrogens (tertiary/aromatic N) is 2. The molecule has 140 valence electrons. The lowest BCUT2D eigenvalue weighted by atomic mass is 10.1. The first kappa shape index (κ1) is 19.4. The summed E-state index contributed by atoms with van der Waals surface area (Å²) in [5.74, 6) is 0.385. The van der Waals surface area contributed by atoms with Crippen molar-refractivity contribution in [2.24, 2.45) is 5.92 Å². The second-order valence-corrected chi connectivity index (χ2v) is 6.42. The third kappa shape index (κ3) is 6.19. The smallest absolute Gasteiger partial charge is 0.322 e. The van der Waals surface area contributed by atoms with E-state index in [0.29, 0.717) is 29.7 Å². The van der Waals surface area contributed by atoms with Crippen molar-refractivity contribution in [1.82, 2.24) is 10.1 Å². The molecule has 0 aliphatic heterocycles. The van der Waals surface area contributed by atoms with Crippen LogP contribution in [0.3, 0.4) is 0 Å². The van der Waals surface area contributed by atoms with Gasteiger partial charge in [-0.15, -0.1) is 0 Å². The molecule has 0 spiro atoms. The average Bonchev–Trinajstić information content (AvgIpc) is 2.96. The van der Waals surface area contributed by atoms with E-state index in [2.05, 4.69) is 15.8 Å². The van der Waals surface area contributed by atoms with Crippen LogP contribution in [-0.4, -0.2) is 35.1 Å². The van der Waals surface area contributed by atoms with Gasteiger partial charge >= 0.3 is 6.03 Å². The minimum atomic E-state index is -0.470. The summed E-state index contributed by atoms with van der Waals surface area (Å²) in [7, 11) is 0. The van der Waals surface area contributed by atoms with Crippen molar-refractivity contribution in [2.45, 2.75) is 27.2 Å². The molecule has 1 aromatic carbocycles. The summed E-state index contributed by atoms with van der Waals surface area (Å²) in [6, 6.07) is 6.71. The third-order valence-electron chi connectivity index (χ3n) is 3.57. The average molecular weight is 362 g/mol. The molecular weight excluding hydrogens is 339 g/mol. The summed E-state index contributed by atoms with van der Waals surface area (Å²) >= 11 is 0. The fourth-order valence-electron chi connectivity index (χ4n) is 2.22. The number of urea groups is 1. The van der Waals surface area contributed by atoms with Gasteiger partial charge in [0.25, 0.3) is 0 Å². The van der Waals surface area contributed by atoms with Crippen LogP contribution in [0, 0.1) is 18.7 Å². The molecule has 1 aromatic heterocycles. The van der Waals surface area contributed by atoms with E-state index in [-0.39, 0.29) is 6.54 Å². The fraction of sp³-hybridized carbons (Fsp3) is 0.389. The van der Waals surface area contributed by atoms with Crippen molar-refractivity contribution in [3.63, 3.8) is 0 Å². The van der Waals surface area contributed by atoms with Gasteiger partial charge < -0.3 is 20.1 Å². The molecule has 26 heavy (non-hydrogen) atoms. The van der Waals surface area contributed by atoms with Crippen molar-refractivity contribution >= 4 is 23.4 Å². The topological polar surface area (TPSA) is 87.5 Å². The largest absolute Gasteiger partial charge is 0.360 e. The monoisotopic (exact) mass is 362 g/mol. The van der Waals surface area contributed by atoms with Crippen LogP contribution >= 0.6 is 0 Å². The Morgan fingerprint density at radius 3 is 2.65 bits per heavy atom. The van der Waals surface area contributed by atoms with Gasteiger partial charge in [0.1, 0.15) is 18.1 Å². The maximum atomic E-state index is 13.3. The number of hydrogen-bond donors (Lipinski definition) is 2. The highest BCUT2D eigenvalue weighted by molar-refractivity contribution is 5.96. The number of carbonyl (C=O) groups is 2. The Labute approximate surface area is 151 Å². The Kier molecular flexibility index (Phi) is 6.71. The van der Waals surface area contributed by atoms with Gasteiger partial charge in [0.05, 0.1) is 0 Å². The predicted octanol–water partition coefficient (Wildman–Crippen LogP) is 3.64. The van der Waals surface area contributed by atoms with Gasteiger partial charge in [-0.3, -0.25) is 4.79 Å². The van der Waals surface area contributed by atoms with E-state index >= 15 is 0 Å². The first-order valence-electron chi connectivity index (χ1n) is 8.38. The number of nitrogens with one attached hydrogen (secondary N) is 2. The number of aryl methyl sites for hydroxylation is 1. The Balaban J connectivity index is 2.01. The van der Waals surface area contributed by atoms with Crippen LogP contribution in [-0.2, 0) is 4.79 Å². The second-order valence-electron chi connectivity index (χ2n) is 6.42. The van der Waals surface area contributed by atoms with E-state index in [1.54, 1.807) is 19.1 Å². The maximum Gasteiger partial charge on any atom is 0.322 e. The first-order valence-corrected chi connectivity index (χ1v) is 8.38. The van der Waals surface area contributed by atoms with Crippen molar-refractivity contribution in [3.05, 3.63) is 41.9 Å². The molecule has 8 heteroatoms. The second kappa shape index (κ2) is 8.98. The first-order chi connectivity index (χ1) is 12.3. The normalized spacial score (nSPS) is 10.7.